The van der Waals surface area contributed by atoms with Crippen LogP contribution in [0.3, 0.4) is 0 Å². The molecule has 6 heteroatoms. The zero-order valence-electron chi connectivity index (χ0n) is 15.9. The molecule has 0 spiro atoms. The number of aromatic nitrogens is 2. The van der Waals surface area contributed by atoms with Crippen LogP contribution in [0.5, 0.6) is 0 Å². The maximum atomic E-state index is 13.4. The molecule has 1 unspecified atom stereocenters. The predicted octanol–water partition coefficient (Wildman–Crippen LogP) is 5.26. The minimum absolute atomic E-state index is 0.138. The largest absolute Gasteiger partial charge is 0.298 e. The van der Waals surface area contributed by atoms with Crippen LogP contribution in [0, 0.1) is 13.8 Å². The number of hydrogen-bond acceptors (Lipinski definition) is 4. The summed E-state index contributed by atoms with van der Waals surface area (Å²) in [6.45, 7) is 4.03. The molecule has 144 valence electrons. The Labute approximate surface area is 172 Å². The molecule has 28 heavy (non-hydrogen) atoms. The lowest BCUT2D eigenvalue weighted by Gasteiger charge is -2.22. The van der Waals surface area contributed by atoms with Crippen molar-refractivity contribution in [3.05, 3.63) is 62.9 Å². The smallest absolute Gasteiger partial charge is 0.266 e. The van der Waals surface area contributed by atoms with Gasteiger partial charge in [0.05, 0.1) is 21.8 Å². The summed E-state index contributed by atoms with van der Waals surface area (Å²) in [5.41, 5.74) is 3.35. The summed E-state index contributed by atoms with van der Waals surface area (Å²) in [5.74, 6) is 0.240. The Morgan fingerprint density at radius 2 is 1.96 bits per heavy atom. The Hall–Kier alpha value is -2.11. The van der Waals surface area contributed by atoms with Gasteiger partial charge in [0, 0.05) is 11.4 Å². The molecule has 3 aromatic rings. The lowest BCUT2D eigenvalue weighted by molar-refractivity contribution is -0.119. The number of fused-ring (bicyclic) bond motifs is 1. The topological polar surface area (TPSA) is 52.0 Å². The molecule has 1 heterocycles. The van der Waals surface area contributed by atoms with E-state index in [9.17, 15) is 9.59 Å². The third-order valence-corrected chi connectivity index (χ3v) is 6.87. The first-order valence-corrected chi connectivity index (χ1v) is 10.7. The Kier molecular flexibility index (Phi) is 5.30. The number of Topliss-reactive ketones (excluding diaryl/α,β-unsaturated/α-hetero) is 1. The summed E-state index contributed by atoms with van der Waals surface area (Å²) in [6.07, 6.45) is 3.39. The number of carbonyl (C=O) groups excluding carboxylic acids is 1. The van der Waals surface area contributed by atoms with Gasteiger partial charge < -0.3 is 0 Å². The minimum Gasteiger partial charge on any atom is -0.298 e. The molecule has 1 aliphatic rings. The van der Waals surface area contributed by atoms with Crippen molar-refractivity contribution in [1.29, 1.82) is 0 Å². The first-order valence-electron chi connectivity index (χ1n) is 9.44. The maximum absolute atomic E-state index is 13.4. The number of thioether (sulfide) groups is 1. The first-order chi connectivity index (χ1) is 13.5. The van der Waals surface area contributed by atoms with E-state index in [0.717, 1.165) is 36.1 Å². The fourth-order valence-electron chi connectivity index (χ4n) is 3.61. The number of rotatable bonds is 3. The zero-order valence-corrected chi connectivity index (χ0v) is 17.4. The zero-order chi connectivity index (χ0) is 19.8. The summed E-state index contributed by atoms with van der Waals surface area (Å²) in [7, 11) is 0. The van der Waals surface area contributed by atoms with Crippen LogP contribution in [0.2, 0.25) is 5.02 Å². The van der Waals surface area contributed by atoms with Gasteiger partial charge in [-0.1, -0.05) is 41.9 Å². The quantitative estimate of drug-likeness (QED) is 0.550. The van der Waals surface area contributed by atoms with Gasteiger partial charge in [-0.25, -0.2) is 4.98 Å². The molecule has 0 aliphatic heterocycles. The van der Waals surface area contributed by atoms with Gasteiger partial charge in [0.25, 0.3) is 5.56 Å². The Morgan fingerprint density at radius 1 is 1.14 bits per heavy atom. The van der Waals surface area contributed by atoms with Crippen molar-refractivity contribution in [2.24, 2.45) is 0 Å². The summed E-state index contributed by atoms with van der Waals surface area (Å²) in [6, 6.07) is 11.0. The number of halogens is 1. The molecule has 1 fully saturated rings. The van der Waals surface area contributed by atoms with Gasteiger partial charge in [-0.15, -0.1) is 0 Å². The van der Waals surface area contributed by atoms with Crippen LogP contribution in [-0.2, 0) is 4.79 Å². The molecule has 0 saturated heterocycles. The number of aryl methyl sites for hydroxylation is 1. The summed E-state index contributed by atoms with van der Waals surface area (Å²) >= 11 is 7.53. The van der Waals surface area contributed by atoms with Crippen LogP contribution in [0.4, 0.5) is 0 Å². The van der Waals surface area contributed by atoms with Crippen molar-refractivity contribution in [3.63, 3.8) is 0 Å². The Bertz CT molecular complexity index is 1140. The second kappa shape index (κ2) is 7.72. The van der Waals surface area contributed by atoms with E-state index >= 15 is 0 Å². The van der Waals surface area contributed by atoms with Gasteiger partial charge in [0.2, 0.25) is 0 Å². The van der Waals surface area contributed by atoms with E-state index in [1.165, 1.54) is 11.8 Å². The number of benzene rings is 2. The van der Waals surface area contributed by atoms with Gasteiger partial charge in [0.15, 0.2) is 5.16 Å². The molecule has 0 amide bonds. The molecular weight excluding hydrogens is 392 g/mol. The fraction of sp³-hybridized carbons (Fsp3) is 0.318. The molecule has 0 N–H and O–H groups in total. The number of nitrogens with zero attached hydrogens (tertiary/aromatic N) is 2. The maximum Gasteiger partial charge on any atom is 0.266 e. The highest BCUT2D eigenvalue weighted by Crippen LogP contribution is 2.33. The van der Waals surface area contributed by atoms with Crippen molar-refractivity contribution in [2.75, 3.05) is 0 Å². The molecular formula is C22H21ClN2O2S. The monoisotopic (exact) mass is 412 g/mol. The number of carbonyl (C=O) groups is 1. The summed E-state index contributed by atoms with van der Waals surface area (Å²) in [4.78, 5) is 30.6. The second-order valence-corrected chi connectivity index (χ2v) is 8.84. The average molecular weight is 413 g/mol. The molecule has 1 atom stereocenters. The third-order valence-electron chi connectivity index (χ3n) is 5.36. The molecule has 4 rings (SSSR count). The molecule has 1 aromatic heterocycles. The molecule has 1 aliphatic carbocycles. The lowest BCUT2D eigenvalue weighted by atomic mass is 9.99. The molecule has 0 bridgehead atoms. The van der Waals surface area contributed by atoms with Gasteiger partial charge in [-0.3, -0.25) is 14.2 Å². The average Bonchev–Trinajstić information content (AvgIpc) is 2.66. The van der Waals surface area contributed by atoms with E-state index in [2.05, 4.69) is 0 Å². The van der Waals surface area contributed by atoms with Gasteiger partial charge in [-0.2, -0.15) is 0 Å². The van der Waals surface area contributed by atoms with E-state index in [-0.39, 0.29) is 16.6 Å². The van der Waals surface area contributed by atoms with E-state index < -0.39 is 0 Å². The van der Waals surface area contributed by atoms with E-state index in [1.807, 2.05) is 32.0 Å². The van der Waals surface area contributed by atoms with Crippen LogP contribution < -0.4 is 5.56 Å². The third kappa shape index (κ3) is 3.49. The van der Waals surface area contributed by atoms with Crippen LogP contribution in [0.25, 0.3) is 16.6 Å². The fourth-order valence-corrected chi connectivity index (χ4v) is 5.00. The van der Waals surface area contributed by atoms with Crippen molar-refractivity contribution in [2.45, 2.75) is 49.9 Å². The first kappa shape index (κ1) is 19.2. The molecule has 2 aromatic carbocycles. The van der Waals surface area contributed by atoms with Gasteiger partial charge >= 0.3 is 0 Å². The van der Waals surface area contributed by atoms with E-state index in [1.54, 1.807) is 22.8 Å². The van der Waals surface area contributed by atoms with Crippen molar-refractivity contribution in [1.82, 2.24) is 9.55 Å². The highest BCUT2D eigenvalue weighted by molar-refractivity contribution is 8.00. The molecule has 0 radical (unpaired) electrons. The van der Waals surface area contributed by atoms with Crippen molar-refractivity contribution >= 4 is 40.0 Å². The summed E-state index contributed by atoms with van der Waals surface area (Å²) < 4.78 is 1.66. The van der Waals surface area contributed by atoms with Gasteiger partial charge in [-0.05, 0) is 62.1 Å². The molecule has 4 nitrogen and oxygen atoms in total. The molecule has 1 saturated carbocycles. The van der Waals surface area contributed by atoms with Crippen LogP contribution in [-0.4, -0.2) is 20.6 Å². The Morgan fingerprint density at radius 3 is 2.75 bits per heavy atom. The highest BCUT2D eigenvalue weighted by atomic mass is 35.5. The predicted molar refractivity (Wildman–Crippen MR) is 115 cm³/mol. The Balaban J connectivity index is 1.96. The minimum atomic E-state index is -0.159. The van der Waals surface area contributed by atoms with E-state index in [4.69, 9.17) is 16.6 Å². The highest BCUT2D eigenvalue weighted by Gasteiger charge is 2.26. The van der Waals surface area contributed by atoms with Crippen LogP contribution in [0.15, 0.2) is 46.3 Å². The van der Waals surface area contributed by atoms with E-state index in [0.29, 0.717) is 27.5 Å². The number of hydrogen-bond donors (Lipinski definition) is 0. The lowest BCUT2D eigenvalue weighted by Crippen LogP contribution is -2.26. The van der Waals surface area contributed by atoms with Crippen molar-refractivity contribution in [3.8, 4) is 5.69 Å². The van der Waals surface area contributed by atoms with Gasteiger partial charge in [0.1, 0.15) is 5.78 Å². The van der Waals surface area contributed by atoms with Crippen molar-refractivity contribution < 1.29 is 4.79 Å². The van der Waals surface area contributed by atoms with Crippen LogP contribution in [0.1, 0.15) is 36.8 Å². The second-order valence-electron chi connectivity index (χ2n) is 7.23. The summed E-state index contributed by atoms with van der Waals surface area (Å²) in [5, 5.41) is 1.44. The standard InChI is InChI=1S/C22H21ClN2O2S/c1-13-6-5-7-18(14(13)2)25-21(27)16-11-10-15(23)12-17(16)24-22(25)28-20-9-4-3-8-19(20)26/h5-7,10-12,20H,3-4,8-9H2,1-2H3. The number of ketones is 1. The van der Waals surface area contributed by atoms with Crippen LogP contribution >= 0.6 is 23.4 Å². The SMILES string of the molecule is Cc1cccc(-n2c(SC3CCCCC3=O)nc3cc(Cl)ccc3c2=O)c1C. The normalized spacial score (nSPS) is 17.2.